The summed E-state index contributed by atoms with van der Waals surface area (Å²) in [4.78, 5) is 24.0. The van der Waals surface area contributed by atoms with E-state index in [-0.39, 0.29) is 17.6 Å². The Balaban J connectivity index is 1.58. The summed E-state index contributed by atoms with van der Waals surface area (Å²) in [6.07, 6.45) is 6.77. The maximum absolute atomic E-state index is 12.1. The first-order valence-corrected chi connectivity index (χ1v) is 7.95. The minimum atomic E-state index is -0.315. The predicted molar refractivity (Wildman–Crippen MR) is 88.3 cm³/mol. The second-order valence-electron chi connectivity index (χ2n) is 5.92. The van der Waals surface area contributed by atoms with Crippen molar-refractivity contribution in [3.63, 3.8) is 0 Å². The standard InChI is InChI=1S/C18H20N2O3/c21-17(11-13-5-1-2-6-13)19-14-7-3-8-15(12-14)20-18(22)16-9-4-10-23-16/h3-4,7-10,12-13H,1-2,5-6,11H2,(H,19,21)(H,20,22). The van der Waals surface area contributed by atoms with Gasteiger partial charge in [0.05, 0.1) is 6.26 Å². The Hall–Kier alpha value is -2.56. The fourth-order valence-corrected chi connectivity index (χ4v) is 2.96. The molecule has 2 N–H and O–H groups in total. The van der Waals surface area contributed by atoms with E-state index in [1.165, 1.54) is 19.1 Å². The largest absolute Gasteiger partial charge is 0.459 e. The molecule has 5 nitrogen and oxygen atoms in total. The molecule has 2 aromatic rings. The zero-order valence-corrected chi connectivity index (χ0v) is 12.9. The molecule has 23 heavy (non-hydrogen) atoms. The van der Waals surface area contributed by atoms with E-state index in [9.17, 15) is 9.59 Å². The van der Waals surface area contributed by atoms with E-state index in [1.807, 2.05) is 6.07 Å². The smallest absolute Gasteiger partial charge is 0.291 e. The first-order valence-electron chi connectivity index (χ1n) is 7.95. The Labute approximate surface area is 135 Å². The van der Waals surface area contributed by atoms with Crippen molar-refractivity contribution in [3.05, 3.63) is 48.4 Å². The average molecular weight is 312 g/mol. The van der Waals surface area contributed by atoms with Crippen LogP contribution in [0.3, 0.4) is 0 Å². The molecular weight excluding hydrogens is 292 g/mol. The van der Waals surface area contributed by atoms with Gasteiger partial charge in [0, 0.05) is 17.8 Å². The van der Waals surface area contributed by atoms with Crippen molar-refractivity contribution in [1.29, 1.82) is 0 Å². The maximum Gasteiger partial charge on any atom is 0.291 e. The Kier molecular flexibility index (Phi) is 4.76. The fraction of sp³-hybridized carbons (Fsp3) is 0.333. The lowest BCUT2D eigenvalue weighted by Gasteiger charge is -2.11. The summed E-state index contributed by atoms with van der Waals surface area (Å²) in [7, 11) is 0. The molecule has 5 heteroatoms. The van der Waals surface area contributed by atoms with Crippen molar-refractivity contribution in [2.45, 2.75) is 32.1 Å². The summed E-state index contributed by atoms with van der Waals surface area (Å²) in [5.41, 5.74) is 1.30. The summed E-state index contributed by atoms with van der Waals surface area (Å²) < 4.78 is 5.05. The van der Waals surface area contributed by atoms with E-state index in [0.29, 0.717) is 23.7 Å². The highest BCUT2D eigenvalue weighted by atomic mass is 16.3. The predicted octanol–water partition coefficient (Wildman–Crippen LogP) is 4.05. The van der Waals surface area contributed by atoms with Crippen molar-refractivity contribution < 1.29 is 14.0 Å². The van der Waals surface area contributed by atoms with Crippen LogP contribution in [-0.2, 0) is 4.79 Å². The number of nitrogens with one attached hydrogen (secondary N) is 2. The van der Waals surface area contributed by atoms with Gasteiger partial charge in [-0.3, -0.25) is 9.59 Å². The van der Waals surface area contributed by atoms with Gasteiger partial charge in [0.25, 0.3) is 5.91 Å². The van der Waals surface area contributed by atoms with Crippen LogP contribution in [0.1, 0.15) is 42.7 Å². The second kappa shape index (κ2) is 7.13. The van der Waals surface area contributed by atoms with E-state index in [2.05, 4.69) is 10.6 Å². The molecule has 1 aliphatic carbocycles. The van der Waals surface area contributed by atoms with Crippen LogP contribution in [0.15, 0.2) is 47.1 Å². The summed E-state index contributed by atoms with van der Waals surface area (Å²) in [6.45, 7) is 0. The molecule has 1 fully saturated rings. The van der Waals surface area contributed by atoms with Crippen LogP contribution < -0.4 is 10.6 Å². The third-order valence-electron chi connectivity index (χ3n) is 4.10. The van der Waals surface area contributed by atoms with E-state index < -0.39 is 0 Å². The van der Waals surface area contributed by atoms with Gasteiger partial charge < -0.3 is 15.1 Å². The van der Waals surface area contributed by atoms with Crippen molar-refractivity contribution in [2.24, 2.45) is 5.92 Å². The molecule has 1 aromatic carbocycles. The molecule has 0 spiro atoms. The van der Waals surface area contributed by atoms with Gasteiger partial charge in [0.1, 0.15) is 0 Å². The van der Waals surface area contributed by atoms with Crippen molar-refractivity contribution in [1.82, 2.24) is 0 Å². The number of anilines is 2. The van der Waals surface area contributed by atoms with E-state index >= 15 is 0 Å². The van der Waals surface area contributed by atoms with Gasteiger partial charge in [-0.05, 0) is 49.1 Å². The topological polar surface area (TPSA) is 71.3 Å². The van der Waals surface area contributed by atoms with Gasteiger partial charge in [-0.2, -0.15) is 0 Å². The minimum Gasteiger partial charge on any atom is -0.459 e. The van der Waals surface area contributed by atoms with Crippen LogP contribution in [0.2, 0.25) is 0 Å². The van der Waals surface area contributed by atoms with Gasteiger partial charge in [-0.1, -0.05) is 18.9 Å². The van der Waals surface area contributed by atoms with Crippen LogP contribution >= 0.6 is 0 Å². The molecule has 0 atom stereocenters. The molecule has 120 valence electrons. The summed E-state index contributed by atoms with van der Waals surface area (Å²) in [5.74, 6) is 0.480. The van der Waals surface area contributed by atoms with Crippen LogP contribution in [0.4, 0.5) is 11.4 Å². The maximum atomic E-state index is 12.1. The molecule has 0 radical (unpaired) electrons. The monoisotopic (exact) mass is 312 g/mol. The number of rotatable bonds is 5. The lowest BCUT2D eigenvalue weighted by Crippen LogP contribution is -2.15. The third-order valence-corrected chi connectivity index (χ3v) is 4.10. The molecule has 1 aromatic heterocycles. The van der Waals surface area contributed by atoms with E-state index in [4.69, 9.17) is 4.42 Å². The number of carbonyl (C=O) groups is 2. The number of amides is 2. The number of benzene rings is 1. The van der Waals surface area contributed by atoms with E-state index in [0.717, 1.165) is 12.8 Å². The van der Waals surface area contributed by atoms with Gasteiger partial charge in [0.2, 0.25) is 5.91 Å². The number of hydrogen-bond acceptors (Lipinski definition) is 3. The highest BCUT2D eigenvalue weighted by Crippen LogP contribution is 2.28. The normalized spacial score (nSPS) is 14.6. The Bertz CT molecular complexity index is 673. The molecule has 2 amide bonds. The third kappa shape index (κ3) is 4.22. The molecule has 1 heterocycles. The lowest BCUT2D eigenvalue weighted by atomic mass is 10.0. The quantitative estimate of drug-likeness (QED) is 0.875. The number of hydrogen-bond donors (Lipinski definition) is 2. The Morgan fingerprint density at radius 1 is 1.04 bits per heavy atom. The second-order valence-corrected chi connectivity index (χ2v) is 5.92. The summed E-state index contributed by atoms with van der Waals surface area (Å²) in [5, 5.41) is 5.65. The molecule has 3 rings (SSSR count). The van der Waals surface area contributed by atoms with Crippen LogP contribution in [-0.4, -0.2) is 11.8 Å². The zero-order chi connectivity index (χ0) is 16.1. The number of furan rings is 1. The lowest BCUT2D eigenvalue weighted by molar-refractivity contribution is -0.117. The van der Waals surface area contributed by atoms with Gasteiger partial charge in [0.15, 0.2) is 5.76 Å². The highest BCUT2D eigenvalue weighted by molar-refractivity contribution is 6.02. The van der Waals surface area contributed by atoms with E-state index in [1.54, 1.807) is 30.3 Å². The molecular formula is C18H20N2O3. The van der Waals surface area contributed by atoms with Gasteiger partial charge in [-0.25, -0.2) is 0 Å². The van der Waals surface area contributed by atoms with Crippen molar-refractivity contribution in [3.8, 4) is 0 Å². The fourth-order valence-electron chi connectivity index (χ4n) is 2.96. The van der Waals surface area contributed by atoms with Crippen molar-refractivity contribution in [2.75, 3.05) is 10.6 Å². The molecule has 1 aliphatic rings. The first-order chi connectivity index (χ1) is 11.2. The average Bonchev–Trinajstić information content (AvgIpc) is 3.20. The van der Waals surface area contributed by atoms with Crippen LogP contribution in [0.5, 0.6) is 0 Å². The zero-order valence-electron chi connectivity index (χ0n) is 12.9. The van der Waals surface area contributed by atoms with Crippen molar-refractivity contribution >= 4 is 23.2 Å². The van der Waals surface area contributed by atoms with Crippen LogP contribution in [0.25, 0.3) is 0 Å². The van der Waals surface area contributed by atoms with Gasteiger partial charge in [-0.15, -0.1) is 0 Å². The molecule has 0 unspecified atom stereocenters. The first kappa shape index (κ1) is 15.3. The minimum absolute atomic E-state index is 0.0337. The highest BCUT2D eigenvalue weighted by Gasteiger charge is 2.18. The number of carbonyl (C=O) groups excluding carboxylic acids is 2. The van der Waals surface area contributed by atoms with Gasteiger partial charge >= 0.3 is 0 Å². The summed E-state index contributed by atoms with van der Waals surface area (Å²) in [6, 6.07) is 10.4. The Morgan fingerprint density at radius 2 is 1.78 bits per heavy atom. The van der Waals surface area contributed by atoms with Crippen LogP contribution in [0, 0.1) is 5.92 Å². The SMILES string of the molecule is O=C(CC1CCCC1)Nc1cccc(NC(=O)c2ccco2)c1. The molecule has 0 saturated heterocycles. The molecule has 0 aliphatic heterocycles. The Morgan fingerprint density at radius 3 is 2.48 bits per heavy atom. The molecule has 1 saturated carbocycles. The summed E-state index contributed by atoms with van der Waals surface area (Å²) >= 11 is 0. The molecule has 0 bridgehead atoms.